The highest BCUT2D eigenvalue weighted by Gasteiger charge is 2.26. The van der Waals surface area contributed by atoms with E-state index in [1.54, 1.807) is 0 Å². The fraction of sp³-hybridized carbons (Fsp3) is 0.588. The summed E-state index contributed by atoms with van der Waals surface area (Å²) in [5.74, 6) is 1.73. The summed E-state index contributed by atoms with van der Waals surface area (Å²) < 4.78 is 0. The highest BCUT2D eigenvalue weighted by Crippen LogP contribution is 2.31. The van der Waals surface area contributed by atoms with Crippen LogP contribution in [0.4, 0.5) is 5.69 Å². The maximum absolute atomic E-state index is 11.6. The number of hydrogen-bond acceptors (Lipinski definition) is 2. The maximum atomic E-state index is 11.6. The minimum Gasteiger partial charge on any atom is -0.382 e. The SMILES string of the molecule is CCC(=O)c1ccc(NC2CCCC(C)C2C)cc1. The van der Waals surface area contributed by atoms with Crippen LogP contribution < -0.4 is 5.32 Å². The Morgan fingerprint density at radius 1 is 1.21 bits per heavy atom. The van der Waals surface area contributed by atoms with Crippen LogP contribution in [0.2, 0.25) is 0 Å². The van der Waals surface area contributed by atoms with Crippen LogP contribution >= 0.6 is 0 Å². The summed E-state index contributed by atoms with van der Waals surface area (Å²) in [5, 5.41) is 3.63. The van der Waals surface area contributed by atoms with Gasteiger partial charge in [0.05, 0.1) is 0 Å². The summed E-state index contributed by atoms with van der Waals surface area (Å²) in [6, 6.07) is 8.51. The lowest BCUT2D eigenvalue weighted by Gasteiger charge is -2.35. The van der Waals surface area contributed by atoms with E-state index in [1.807, 2.05) is 31.2 Å². The van der Waals surface area contributed by atoms with Crippen molar-refractivity contribution in [3.8, 4) is 0 Å². The predicted molar refractivity (Wildman–Crippen MR) is 80.7 cm³/mol. The molecule has 0 amide bonds. The molecule has 1 N–H and O–H groups in total. The maximum Gasteiger partial charge on any atom is 0.162 e. The molecule has 0 aromatic heterocycles. The molecule has 0 bridgehead atoms. The number of benzene rings is 1. The Kier molecular flexibility index (Phi) is 4.62. The van der Waals surface area contributed by atoms with E-state index in [2.05, 4.69) is 19.2 Å². The van der Waals surface area contributed by atoms with Crippen molar-refractivity contribution in [3.63, 3.8) is 0 Å². The number of Topliss-reactive ketones (excluding diaryl/α,β-unsaturated/α-hetero) is 1. The molecular formula is C17H25NO. The summed E-state index contributed by atoms with van der Waals surface area (Å²) in [6.07, 6.45) is 4.49. The van der Waals surface area contributed by atoms with Gasteiger partial charge in [-0.05, 0) is 42.5 Å². The summed E-state index contributed by atoms with van der Waals surface area (Å²) in [5.41, 5.74) is 1.96. The van der Waals surface area contributed by atoms with Crippen molar-refractivity contribution in [2.45, 2.75) is 52.5 Å². The van der Waals surface area contributed by atoms with E-state index in [1.165, 1.54) is 19.3 Å². The van der Waals surface area contributed by atoms with Gasteiger partial charge >= 0.3 is 0 Å². The van der Waals surface area contributed by atoms with Crippen LogP contribution in [0.5, 0.6) is 0 Å². The molecule has 0 heterocycles. The second-order valence-corrected chi connectivity index (χ2v) is 5.87. The first-order valence-corrected chi connectivity index (χ1v) is 7.51. The van der Waals surface area contributed by atoms with Gasteiger partial charge in [0.2, 0.25) is 0 Å². The third-order valence-electron chi connectivity index (χ3n) is 4.59. The molecule has 0 spiro atoms. The van der Waals surface area contributed by atoms with E-state index in [-0.39, 0.29) is 5.78 Å². The lowest BCUT2D eigenvalue weighted by Crippen LogP contribution is -2.34. The van der Waals surface area contributed by atoms with Crippen LogP contribution in [0.1, 0.15) is 56.8 Å². The monoisotopic (exact) mass is 259 g/mol. The van der Waals surface area contributed by atoms with Gasteiger partial charge in [0, 0.05) is 23.7 Å². The zero-order valence-corrected chi connectivity index (χ0v) is 12.3. The van der Waals surface area contributed by atoms with E-state index in [4.69, 9.17) is 0 Å². The second-order valence-electron chi connectivity index (χ2n) is 5.87. The average molecular weight is 259 g/mol. The van der Waals surface area contributed by atoms with E-state index in [0.29, 0.717) is 18.4 Å². The van der Waals surface area contributed by atoms with Crippen LogP contribution in [0.25, 0.3) is 0 Å². The van der Waals surface area contributed by atoms with Crippen LogP contribution in [0, 0.1) is 11.8 Å². The Hall–Kier alpha value is -1.31. The number of ketones is 1. The molecule has 1 fully saturated rings. The largest absolute Gasteiger partial charge is 0.382 e. The van der Waals surface area contributed by atoms with Gasteiger partial charge in [0.25, 0.3) is 0 Å². The standard InChI is InChI=1S/C17H25NO/c1-4-17(19)14-8-10-15(11-9-14)18-16-7-5-6-12(2)13(16)3/h8-13,16,18H,4-7H2,1-3H3. The number of carbonyl (C=O) groups is 1. The Bertz CT molecular complexity index is 423. The summed E-state index contributed by atoms with van der Waals surface area (Å²) in [6.45, 7) is 6.59. The van der Waals surface area contributed by atoms with Crippen molar-refractivity contribution in [2.24, 2.45) is 11.8 Å². The molecule has 1 saturated carbocycles. The quantitative estimate of drug-likeness (QED) is 0.806. The van der Waals surface area contributed by atoms with Crippen LogP contribution in [0.3, 0.4) is 0 Å². The van der Waals surface area contributed by atoms with Crippen LogP contribution in [0.15, 0.2) is 24.3 Å². The fourth-order valence-corrected chi connectivity index (χ4v) is 2.96. The molecule has 1 aliphatic carbocycles. The number of rotatable bonds is 4. The van der Waals surface area contributed by atoms with Crippen molar-refractivity contribution in [1.29, 1.82) is 0 Å². The molecule has 1 aliphatic rings. The smallest absolute Gasteiger partial charge is 0.162 e. The molecular weight excluding hydrogens is 234 g/mol. The molecule has 104 valence electrons. The first kappa shape index (κ1) is 14.1. The predicted octanol–water partition coefficient (Wildman–Crippen LogP) is 4.52. The number of anilines is 1. The average Bonchev–Trinajstić information content (AvgIpc) is 2.44. The summed E-state index contributed by atoms with van der Waals surface area (Å²) in [7, 11) is 0. The minimum atomic E-state index is 0.214. The molecule has 2 nitrogen and oxygen atoms in total. The molecule has 2 heteroatoms. The van der Waals surface area contributed by atoms with Gasteiger partial charge in [-0.2, -0.15) is 0 Å². The molecule has 3 atom stereocenters. The zero-order chi connectivity index (χ0) is 13.8. The van der Waals surface area contributed by atoms with Crippen molar-refractivity contribution < 1.29 is 4.79 Å². The lowest BCUT2D eigenvalue weighted by molar-refractivity contribution is 0.0988. The van der Waals surface area contributed by atoms with E-state index >= 15 is 0 Å². The Morgan fingerprint density at radius 3 is 2.53 bits per heavy atom. The third-order valence-corrected chi connectivity index (χ3v) is 4.59. The summed E-state index contributed by atoms with van der Waals surface area (Å²) >= 11 is 0. The Labute approximate surface area is 116 Å². The van der Waals surface area contributed by atoms with Gasteiger partial charge in [0.15, 0.2) is 5.78 Å². The van der Waals surface area contributed by atoms with Crippen LogP contribution in [-0.2, 0) is 0 Å². The highest BCUT2D eigenvalue weighted by atomic mass is 16.1. The van der Waals surface area contributed by atoms with Crippen LogP contribution in [-0.4, -0.2) is 11.8 Å². The van der Waals surface area contributed by atoms with Crippen molar-refractivity contribution in [1.82, 2.24) is 0 Å². The molecule has 0 aliphatic heterocycles. The van der Waals surface area contributed by atoms with Gasteiger partial charge in [-0.3, -0.25) is 4.79 Å². The lowest BCUT2D eigenvalue weighted by atomic mass is 9.78. The third kappa shape index (κ3) is 3.37. The highest BCUT2D eigenvalue weighted by molar-refractivity contribution is 5.96. The van der Waals surface area contributed by atoms with E-state index in [9.17, 15) is 4.79 Å². The van der Waals surface area contributed by atoms with Crippen molar-refractivity contribution in [2.75, 3.05) is 5.32 Å². The normalized spacial score (nSPS) is 27.0. The second kappa shape index (κ2) is 6.23. The molecule has 0 saturated heterocycles. The van der Waals surface area contributed by atoms with Crippen molar-refractivity contribution >= 4 is 11.5 Å². The van der Waals surface area contributed by atoms with E-state index < -0.39 is 0 Å². The molecule has 19 heavy (non-hydrogen) atoms. The van der Waals surface area contributed by atoms with Gasteiger partial charge < -0.3 is 5.32 Å². The van der Waals surface area contributed by atoms with Crippen molar-refractivity contribution in [3.05, 3.63) is 29.8 Å². The molecule has 0 radical (unpaired) electrons. The number of nitrogens with one attached hydrogen (secondary N) is 1. The molecule has 1 aromatic rings. The number of hydrogen-bond donors (Lipinski definition) is 1. The zero-order valence-electron chi connectivity index (χ0n) is 12.3. The van der Waals surface area contributed by atoms with Gasteiger partial charge in [-0.25, -0.2) is 0 Å². The molecule has 3 unspecified atom stereocenters. The summed E-state index contributed by atoms with van der Waals surface area (Å²) in [4.78, 5) is 11.6. The fourth-order valence-electron chi connectivity index (χ4n) is 2.96. The minimum absolute atomic E-state index is 0.214. The Morgan fingerprint density at radius 2 is 1.89 bits per heavy atom. The van der Waals surface area contributed by atoms with Gasteiger partial charge in [-0.1, -0.05) is 33.6 Å². The van der Waals surface area contributed by atoms with Gasteiger partial charge in [-0.15, -0.1) is 0 Å². The Balaban J connectivity index is 2.01. The topological polar surface area (TPSA) is 29.1 Å². The van der Waals surface area contributed by atoms with Gasteiger partial charge in [0.1, 0.15) is 0 Å². The first-order valence-electron chi connectivity index (χ1n) is 7.51. The van der Waals surface area contributed by atoms with E-state index in [0.717, 1.165) is 17.2 Å². The number of carbonyl (C=O) groups excluding carboxylic acids is 1. The molecule has 1 aromatic carbocycles. The first-order chi connectivity index (χ1) is 9.11. The molecule has 2 rings (SSSR count).